The number of hydrogen-bond donors (Lipinski definition) is 2. The molecule has 6 nitrogen and oxygen atoms in total. The van der Waals surface area contributed by atoms with Crippen LogP contribution >= 0.6 is 0 Å². The van der Waals surface area contributed by atoms with E-state index in [4.69, 9.17) is 5.73 Å². The summed E-state index contributed by atoms with van der Waals surface area (Å²) in [5.74, 6) is 4.58. The monoisotopic (exact) mass is 330 g/mol. The van der Waals surface area contributed by atoms with Crippen molar-refractivity contribution in [1.82, 2.24) is 0 Å². The smallest absolute Gasteiger partial charge is 0.233 e. The third kappa shape index (κ3) is 6.62. The Bertz CT molecular complexity index is 772. The Morgan fingerprint density at radius 3 is 2.43 bits per heavy atom. The minimum Gasteiger partial charge on any atom is -0.320 e. The Morgan fingerprint density at radius 1 is 1.19 bits per heavy atom. The van der Waals surface area contributed by atoms with Crippen LogP contribution in [0.4, 0.5) is 5.69 Å². The van der Waals surface area contributed by atoms with Crippen LogP contribution in [0.3, 0.4) is 0 Å². The molecule has 0 bridgehead atoms. The molecule has 8 heteroatoms. The van der Waals surface area contributed by atoms with Crippen LogP contribution in [0, 0.1) is 18.8 Å². The number of nitrogens with one attached hydrogen (secondary N) is 1. The van der Waals surface area contributed by atoms with E-state index in [1.807, 2.05) is 0 Å². The van der Waals surface area contributed by atoms with Crippen molar-refractivity contribution in [3.63, 3.8) is 0 Å². The Kier molecular flexibility index (Phi) is 5.78. The molecule has 0 unspecified atom stereocenters. The lowest BCUT2D eigenvalue weighted by Crippen LogP contribution is -2.22. The lowest BCUT2D eigenvalue weighted by Gasteiger charge is -2.10. The maximum atomic E-state index is 11.9. The van der Waals surface area contributed by atoms with Gasteiger partial charge in [-0.3, -0.25) is 4.72 Å². The summed E-state index contributed by atoms with van der Waals surface area (Å²) in [6.45, 7) is 1.96. The fraction of sp³-hybridized carbons (Fsp3) is 0.385. The molecule has 0 aromatic heterocycles. The number of sulfone groups is 1. The second kappa shape index (κ2) is 6.93. The van der Waals surface area contributed by atoms with Crippen molar-refractivity contribution in [2.45, 2.75) is 6.92 Å². The molecule has 0 heterocycles. The summed E-state index contributed by atoms with van der Waals surface area (Å²) in [6.07, 6.45) is 0.997. The number of sulfonamides is 1. The second-order valence-corrected chi connectivity index (χ2v) is 8.69. The van der Waals surface area contributed by atoms with Crippen molar-refractivity contribution in [1.29, 1.82) is 0 Å². The lowest BCUT2D eigenvalue weighted by atomic mass is 10.1. The molecule has 0 saturated heterocycles. The summed E-state index contributed by atoms with van der Waals surface area (Å²) >= 11 is 0. The molecule has 0 radical (unpaired) electrons. The first kappa shape index (κ1) is 17.5. The molecular weight excluding hydrogens is 312 g/mol. The molecule has 0 saturated carbocycles. The first-order valence-corrected chi connectivity index (χ1v) is 9.82. The summed E-state index contributed by atoms with van der Waals surface area (Å²) < 4.78 is 48.3. The number of anilines is 1. The van der Waals surface area contributed by atoms with E-state index >= 15 is 0 Å². The van der Waals surface area contributed by atoms with Crippen LogP contribution in [-0.2, 0) is 19.9 Å². The standard InChI is InChI=1S/C13H18N2O4S2/c1-11-5-6-12(4-3-7-14)10-13(11)15-21(18,19)9-8-20(2,16)17/h5-6,10,15H,7-9,14H2,1-2H3. The van der Waals surface area contributed by atoms with Gasteiger partial charge in [0.05, 0.1) is 23.7 Å². The molecule has 116 valence electrons. The second-order valence-electron chi connectivity index (χ2n) is 4.59. The van der Waals surface area contributed by atoms with Crippen LogP contribution in [0.15, 0.2) is 18.2 Å². The molecule has 1 aromatic rings. The predicted octanol–water partition coefficient (Wildman–Crippen LogP) is 0.0915. The van der Waals surface area contributed by atoms with Gasteiger partial charge in [-0.15, -0.1) is 0 Å². The SMILES string of the molecule is Cc1ccc(C#CCN)cc1NS(=O)(=O)CCS(C)(=O)=O. The van der Waals surface area contributed by atoms with E-state index in [0.717, 1.165) is 11.8 Å². The summed E-state index contributed by atoms with van der Waals surface area (Å²) in [5, 5.41) is 0. The topological polar surface area (TPSA) is 106 Å². The number of hydrogen-bond acceptors (Lipinski definition) is 5. The van der Waals surface area contributed by atoms with Crippen molar-refractivity contribution < 1.29 is 16.8 Å². The highest BCUT2D eigenvalue weighted by Gasteiger charge is 2.15. The predicted molar refractivity (Wildman–Crippen MR) is 84.2 cm³/mol. The van der Waals surface area contributed by atoms with Crippen LogP contribution in [0.2, 0.25) is 0 Å². The number of aryl methyl sites for hydroxylation is 1. The fourth-order valence-electron chi connectivity index (χ4n) is 1.44. The maximum absolute atomic E-state index is 11.9. The van der Waals surface area contributed by atoms with Crippen molar-refractivity contribution in [2.24, 2.45) is 5.73 Å². The van der Waals surface area contributed by atoms with Crippen molar-refractivity contribution in [3.05, 3.63) is 29.3 Å². The molecule has 0 amide bonds. The lowest BCUT2D eigenvalue weighted by molar-refractivity contribution is 0.593. The fourth-order valence-corrected chi connectivity index (χ4v) is 4.19. The average Bonchev–Trinajstić information content (AvgIpc) is 2.36. The molecule has 0 aliphatic heterocycles. The zero-order valence-electron chi connectivity index (χ0n) is 11.9. The highest BCUT2D eigenvalue weighted by atomic mass is 32.2. The van der Waals surface area contributed by atoms with E-state index in [1.165, 1.54) is 0 Å². The third-order valence-electron chi connectivity index (χ3n) is 2.56. The molecule has 0 spiro atoms. The van der Waals surface area contributed by atoms with Gasteiger partial charge in [0.2, 0.25) is 10.0 Å². The minimum atomic E-state index is -3.73. The molecular formula is C13H18N2O4S2. The van der Waals surface area contributed by atoms with Crippen LogP contribution in [0.25, 0.3) is 0 Å². The molecule has 0 fully saturated rings. The highest BCUT2D eigenvalue weighted by Crippen LogP contribution is 2.18. The van der Waals surface area contributed by atoms with Crippen LogP contribution in [0.1, 0.15) is 11.1 Å². The van der Waals surface area contributed by atoms with E-state index in [1.54, 1.807) is 25.1 Å². The molecule has 0 atom stereocenters. The molecule has 0 aliphatic carbocycles. The van der Waals surface area contributed by atoms with Crippen molar-refractivity contribution in [3.8, 4) is 11.8 Å². The zero-order valence-corrected chi connectivity index (χ0v) is 13.5. The van der Waals surface area contributed by atoms with E-state index < -0.39 is 31.4 Å². The van der Waals surface area contributed by atoms with E-state index in [2.05, 4.69) is 16.6 Å². The van der Waals surface area contributed by atoms with E-state index in [-0.39, 0.29) is 6.54 Å². The highest BCUT2D eigenvalue weighted by molar-refractivity contribution is 7.95. The summed E-state index contributed by atoms with van der Waals surface area (Å²) in [6, 6.07) is 5.08. The number of nitrogens with two attached hydrogens (primary N) is 1. The Balaban J connectivity index is 2.96. The first-order chi connectivity index (χ1) is 9.63. The third-order valence-corrected chi connectivity index (χ3v) is 5.04. The summed E-state index contributed by atoms with van der Waals surface area (Å²) in [7, 11) is -7.06. The Labute approximate surface area is 125 Å². The molecule has 0 aliphatic rings. The molecule has 1 rings (SSSR count). The first-order valence-electron chi connectivity index (χ1n) is 6.11. The van der Waals surface area contributed by atoms with Gasteiger partial charge in [-0.2, -0.15) is 0 Å². The van der Waals surface area contributed by atoms with Crippen molar-refractivity contribution >= 4 is 25.5 Å². The van der Waals surface area contributed by atoms with Gasteiger partial charge in [-0.25, -0.2) is 16.8 Å². The van der Waals surface area contributed by atoms with Gasteiger partial charge in [0.25, 0.3) is 0 Å². The maximum Gasteiger partial charge on any atom is 0.233 e. The molecule has 3 N–H and O–H groups in total. The quantitative estimate of drug-likeness (QED) is 0.744. The van der Waals surface area contributed by atoms with E-state index in [0.29, 0.717) is 11.3 Å². The van der Waals surface area contributed by atoms with Gasteiger partial charge in [0.1, 0.15) is 9.84 Å². The minimum absolute atomic E-state index is 0.212. The zero-order chi connectivity index (χ0) is 16.1. The molecule has 1 aromatic carbocycles. The number of rotatable bonds is 5. The Morgan fingerprint density at radius 2 is 1.86 bits per heavy atom. The van der Waals surface area contributed by atoms with Gasteiger partial charge in [-0.05, 0) is 24.6 Å². The normalized spacial score (nSPS) is 11.6. The van der Waals surface area contributed by atoms with E-state index in [9.17, 15) is 16.8 Å². The van der Waals surface area contributed by atoms with Crippen molar-refractivity contribution in [2.75, 3.05) is 29.0 Å². The van der Waals surface area contributed by atoms with Gasteiger partial charge in [0, 0.05) is 11.8 Å². The average molecular weight is 330 g/mol. The van der Waals surface area contributed by atoms with Gasteiger partial charge >= 0.3 is 0 Å². The number of benzene rings is 1. The molecule has 21 heavy (non-hydrogen) atoms. The van der Waals surface area contributed by atoms with Crippen LogP contribution in [-0.4, -0.2) is 41.1 Å². The van der Waals surface area contributed by atoms with Gasteiger partial charge in [0.15, 0.2) is 0 Å². The van der Waals surface area contributed by atoms with Crippen LogP contribution in [0.5, 0.6) is 0 Å². The Hall–Kier alpha value is -1.56. The summed E-state index contributed by atoms with van der Waals surface area (Å²) in [4.78, 5) is 0. The van der Waals surface area contributed by atoms with Gasteiger partial charge in [-0.1, -0.05) is 17.9 Å². The largest absolute Gasteiger partial charge is 0.320 e. The summed E-state index contributed by atoms with van der Waals surface area (Å²) in [5.41, 5.74) is 7.02. The van der Waals surface area contributed by atoms with Gasteiger partial charge < -0.3 is 5.73 Å². The van der Waals surface area contributed by atoms with Crippen LogP contribution < -0.4 is 10.5 Å².